The van der Waals surface area contributed by atoms with Crippen molar-refractivity contribution in [3.05, 3.63) is 23.7 Å². The Balaban J connectivity index is 2.67. The lowest BCUT2D eigenvalue weighted by Gasteiger charge is -2.03. The Morgan fingerprint density at radius 2 is 2.13 bits per heavy atom. The van der Waals surface area contributed by atoms with E-state index in [4.69, 9.17) is 0 Å². The van der Waals surface area contributed by atoms with Crippen molar-refractivity contribution < 1.29 is 13.2 Å². The highest BCUT2D eigenvalue weighted by Crippen LogP contribution is 2.33. The van der Waals surface area contributed by atoms with E-state index in [1.165, 1.54) is 6.20 Å². The quantitative estimate of drug-likeness (QED) is 0.794. The van der Waals surface area contributed by atoms with E-state index in [1.807, 2.05) is 6.92 Å². The second-order valence-corrected chi connectivity index (χ2v) is 3.11. The zero-order chi connectivity index (χ0) is 11.1. The van der Waals surface area contributed by atoms with Gasteiger partial charge in [-0.05, 0) is 6.42 Å². The van der Waals surface area contributed by atoms with Gasteiger partial charge in [0, 0.05) is 6.20 Å². The summed E-state index contributed by atoms with van der Waals surface area (Å²) in [5.74, 6) is 0. The Hall–Kier alpha value is -1.59. The fourth-order valence-electron chi connectivity index (χ4n) is 1.31. The van der Waals surface area contributed by atoms with E-state index in [2.05, 4.69) is 15.0 Å². The largest absolute Gasteiger partial charge is 0.420 e. The summed E-state index contributed by atoms with van der Waals surface area (Å²) in [4.78, 5) is 10.2. The van der Waals surface area contributed by atoms with Crippen LogP contribution in [0.25, 0.3) is 11.2 Å². The fraction of sp³-hybridized carbons (Fsp3) is 0.333. The first-order valence-corrected chi connectivity index (χ1v) is 4.42. The van der Waals surface area contributed by atoms with Crippen LogP contribution in [-0.4, -0.2) is 15.0 Å². The number of nitrogens with one attached hydrogen (secondary N) is 1. The summed E-state index contributed by atoms with van der Waals surface area (Å²) in [5, 5.41) is 0. The first kappa shape index (κ1) is 9.95. The smallest absolute Gasteiger partial charge is 0.344 e. The highest BCUT2D eigenvalue weighted by molar-refractivity contribution is 5.75. The number of rotatable bonds is 1. The number of aromatic nitrogens is 3. The molecule has 6 heteroatoms. The van der Waals surface area contributed by atoms with Crippen molar-refractivity contribution >= 4 is 11.2 Å². The van der Waals surface area contributed by atoms with Crippen molar-refractivity contribution in [3.8, 4) is 0 Å². The predicted molar refractivity (Wildman–Crippen MR) is 48.3 cm³/mol. The van der Waals surface area contributed by atoms with Crippen molar-refractivity contribution in [2.24, 2.45) is 0 Å². The van der Waals surface area contributed by atoms with Crippen molar-refractivity contribution in [1.82, 2.24) is 15.0 Å². The molecule has 0 amide bonds. The molecule has 0 aliphatic carbocycles. The molecule has 0 atom stereocenters. The third-order valence-corrected chi connectivity index (χ3v) is 2.10. The normalized spacial score (nSPS) is 12.3. The lowest BCUT2D eigenvalue weighted by molar-refractivity contribution is -0.136. The molecule has 2 aromatic rings. The van der Waals surface area contributed by atoms with E-state index in [1.54, 1.807) is 0 Å². The van der Waals surface area contributed by atoms with E-state index in [0.717, 1.165) is 6.20 Å². The van der Waals surface area contributed by atoms with Crippen LogP contribution < -0.4 is 0 Å². The standard InChI is InChI=1S/C9H8F3N3/c1-2-5-3-13-8-7(15-5)6(4-14-8)9(10,11)12/h3-4H,2H2,1H3,(H,13,14). The monoisotopic (exact) mass is 215 g/mol. The van der Waals surface area contributed by atoms with Gasteiger partial charge in [-0.2, -0.15) is 13.2 Å². The Morgan fingerprint density at radius 1 is 1.40 bits per heavy atom. The number of nitrogens with zero attached hydrogens (tertiary/aromatic N) is 2. The van der Waals surface area contributed by atoms with E-state index < -0.39 is 11.7 Å². The molecule has 0 spiro atoms. The molecule has 15 heavy (non-hydrogen) atoms. The van der Waals surface area contributed by atoms with Crippen molar-refractivity contribution in [1.29, 1.82) is 0 Å². The molecule has 0 aliphatic rings. The summed E-state index contributed by atoms with van der Waals surface area (Å²) >= 11 is 0. The molecule has 0 fully saturated rings. The molecule has 0 aromatic carbocycles. The molecule has 0 aliphatic heterocycles. The number of hydrogen-bond donors (Lipinski definition) is 1. The van der Waals surface area contributed by atoms with E-state index in [0.29, 0.717) is 12.1 Å². The van der Waals surface area contributed by atoms with Crippen LogP contribution in [0.1, 0.15) is 18.2 Å². The van der Waals surface area contributed by atoms with E-state index in [9.17, 15) is 13.2 Å². The molecular formula is C9H8F3N3. The van der Waals surface area contributed by atoms with Crippen LogP contribution in [0.4, 0.5) is 13.2 Å². The summed E-state index contributed by atoms with van der Waals surface area (Å²) in [6.45, 7) is 1.82. The third kappa shape index (κ3) is 1.67. The molecule has 0 saturated heterocycles. The topological polar surface area (TPSA) is 41.6 Å². The molecule has 2 aromatic heterocycles. The van der Waals surface area contributed by atoms with E-state index >= 15 is 0 Å². The molecule has 0 bridgehead atoms. The molecule has 0 saturated carbocycles. The van der Waals surface area contributed by atoms with Crippen LogP contribution in [0.2, 0.25) is 0 Å². The number of aryl methyl sites for hydroxylation is 1. The first-order valence-electron chi connectivity index (χ1n) is 4.42. The van der Waals surface area contributed by atoms with Gasteiger partial charge in [-0.25, -0.2) is 9.97 Å². The van der Waals surface area contributed by atoms with Crippen molar-refractivity contribution in [2.75, 3.05) is 0 Å². The summed E-state index contributed by atoms with van der Waals surface area (Å²) < 4.78 is 37.5. The van der Waals surface area contributed by atoms with Gasteiger partial charge >= 0.3 is 6.18 Å². The Labute approximate surface area is 83.4 Å². The van der Waals surface area contributed by atoms with Gasteiger partial charge in [0.1, 0.15) is 11.1 Å². The van der Waals surface area contributed by atoms with Crippen LogP contribution >= 0.6 is 0 Å². The number of fused-ring (bicyclic) bond motifs is 1. The van der Waals surface area contributed by atoms with Gasteiger partial charge in [0.05, 0.1) is 11.9 Å². The predicted octanol–water partition coefficient (Wildman–Crippen LogP) is 2.54. The van der Waals surface area contributed by atoms with Crippen LogP contribution in [0.5, 0.6) is 0 Å². The Bertz CT molecular complexity index is 487. The maximum absolute atomic E-state index is 12.5. The average molecular weight is 215 g/mol. The second kappa shape index (κ2) is 3.22. The Kier molecular flexibility index (Phi) is 2.13. The number of aromatic amines is 1. The van der Waals surface area contributed by atoms with Crippen LogP contribution in [0.15, 0.2) is 12.4 Å². The number of H-pyrrole nitrogens is 1. The van der Waals surface area contributed by atoms with Crippen LogP contribution in [0, 0.1) is 0 Å². The SMILES string of the molecule is CCc1cnc2[nH]cc(C(F)(F)F)c2n1. The lowest BCUT2D eigenvalue weighted by Crippen LogP contribution is -2.04. The fourth-order valence-corrected chi connectivity index (χ4v) is 1.31. The summed E-state index contributed by atoms with van der Waals surface area (Å²) in [5.41, 5.74) is -0.158. The molecule has 2 rings (SSSR count). The number of hydrogen-bond acceptors (Lipinski definition) is 2. The lowest BCUT2D eigenvalue weighted by atomic mass is 10.3. The molecule has 3 nitrogen and oxygen atoms in total. The first-order chi connectivity index (χ1) is 7.02. The molecule has 80 valence electrons. The molecule has 0 radical (unpaired) electrons. The highest BCUT2D eigenvalue weighted by atomic mass is 19.4. The van der Waals surface area contributed by atoms with Gasteiger partial charge in [0.25, 0.3) is 0 Å². The second-order valence-electron chi connectivity index (χ2n) is 3.11. The third-order valence-electron chi connectivity index (χ3n) is 2.10. The average Bonchev–Trinajstić information content (AvgIpc) is 2.59. The van der Waals surface area contributed by atoms with Gasteiger partial charge in [0.2, 0.25) is 0 Å². The van der Waals surface area contributed by atoms with Crippen molar-refractivity contribution in [3.63, 3.8) is 0 Å². The summed E-state index contributed by atoms with van der Waals surface area (Å²) in [6.07, 6.45) is -1.46. The van der Waals surface area contributed by atoms with Gasteiger partial charge in [-0.1, -0.05) is 6.92 Å². The van der Waals surface area contributed by atoms with Gasteiger partial charge < -0.3 is 4.98 Å². The van der Waals surface area contributed by atoms with Gasteiger partial charge in [0.15, 0.2) is 5.65 Å². The summed E-state index contributed by atoms with van der Waals surface area (Å²) in [6, 6.07) is 0. The van der Waals surface area contributed by atoms with Crippen LogP contribution in [-0.2, 0) is 12.6 Å². The molecular weight excluding hydrogens is 207 g/mol. The number of alkyl halides is 3. The van der Waals surface area contributed by atoms with Gasteiger partial charge in [-0.3, -0.25) is 0 Å². The molecule has 0 unspecified atom stereocenters. The number of halogens is 3. The Morgan fingerprint density at radius 3 is 2.73 bits per heavy atom. The maximum Gasteiger partial charge on any atom is 0.420 e. The zero-order valence-corrected chi connectivity index (χ0v) is 7.89. The highest BCUT2D eigenvalue weighted by Gasteiger charge is 2.34. The zero-order valence-electron chi connectivity index (χ0n) is 7.89. The maximum atomic E-state index is 12.5. The minimum atomic E-state index is -4.39. The minimum Gasteiger partial charge on any atom is -0.344 e. The van der Waals surface area contributed by atoms with Crippen molar-refractivity contribution in [2.45, 2.75) is 19.5 Å². The van der Waals surface area contributed by atoms with Gasteiger partial charge in [-0.15, -0.1) is 0 Å². The summed E-state index contributed by atoms with van der Waals surface area (Å²) in [7, 11) is 0. The minimum absolute atomic E-state index is 0.109. The van der Waals surface area contributed by atoms with Crippen LogP contribution in [0.3, 0.4) is 0 Å². The molecule has 2 heterocycles. The van der Waals surface area contributed by atoms with E-state index in [-0.39, 0.29) is 11.2 Å². The molecule has 1 N–H and O–H groups in total.